The summed E-state index contributed by atoms with van der Waals surface area (Å²) in [5.74, 6) is 2.51. The number of fused-ring (bicyclic) bond motifs is 3. The second-order valence-corrected chi connectivity index (χ2v) is 12.8. The average Bonchev–Trinajstić information content (AvgIpc) is 3.90. The predicted octanol–water partition coefficient (Wildman–Crippen LogP) is 13.5. The molecule has 0 aliphatic rings. The number of para-hydroxylation sites is 3. The molecular weight excluding hydrogens is 601 g/mol. The molecule has 3 nitrogen and oxygen atoms in total. The minimum absolute atomic E-state index is 0.831. The molecule has 0 atom stereocenters. The Bertz CT molecular complexity index is 2850. The van der Waals surface area contributed by atoms with E-state index < -0.39 is 0 Å². The Morgan fingerprint density at radius 2 is 0.633 bits per heavy atom. The molecule has 3 heterocycles. The van der Waals surface area contributed by atoms with E-state index in [2.05, 4.69) is 121 Å². The molecule has 3 aromatic heterocycles. The zero-order chi connectivity index (χ0) is 32.1. The Balaban J connectivity index is 1.31. The number of benzene rings is 8. The van der Waals surface area contributed by atoms with E-state index in [-0.39, 0.29) is 0 Å². The van der Waals surface area contributed by atoms with E-state index in [0.29, 0.717) is 0 Å². The first-order valence-electron chi connectivity index (χ1n) is 16.6. The zero-order valence-corrected chi connectivity index (χ0v) is 26.2. The predicted molar refractivity (Wildman–Crippen MR) is 201 cm³/mol. The van der Waals surface area contributed by atoms with Gasteiger partial charge in [-0.15, -0.1) is 0 Å². The zero-order valence-electron chi connectivity index (χ0n) is 26.2. The molecule has 0 aliphatic carbocycles. The van der Waals surface area contributed by atoms with E-state index >= 15 is 0 Å². The summed E-state index contributed by atoms with van der Waals surface area (Å²) in [5.41, 5.74) is 8.07. The van der Waals surface area contributed by atoms with Gasteiger partial charge in [-0.2, -0.15) is 0 Å². The molecular formula is C46H26O3. The highest BCUT2D eigenvalue weighted by Crippen LogP contribution is 2.49. The van der Waals surface area contributed by atoms with Crippen LogP contribution in [0.1, 0.15) is 0 Å². The molecule has 0 bridgehead atoms. The monoisotopic (exact) mass is 626 g/mol. The summed E-state index contributed by atoms with van der Waals surface area (Å²) in [7, 11) is 0. The largest absolute Gasteiger partial charge is 0.456 e. The lowest BCUT2D eigenvalue weighted by Crippen LogP contribution is -1.93. The molecule has 0 saturated heterocycles. The molecule has 8 aromatic carbocycles. The van der Waals surface area contributed by atoms with E-state index in [1.165, 1.54) is 16.2 Å². The van der Waals surface area contributed by atoms with Crippen LogP contribution in [0.3, 0.4) is 0 Å². The quantitative estimate of drug-likeness (QED) is 0.183. The van der Waals surface area contributed by atoms with Crippen LogP contribution in [0.4, 0.5) is 0 Å². The van der Waals surface area contributed by atoms with Gasteiger partial charge in [0.05, 0.1) is 0 Å². The van der Waals surface area contributed by atoms with E-state index in [0.717, 1.165) is 94.2 Å². The van der Waals surface area contributed by atoms with Gasteiger partial charge in [-0.3, -0.25) is 0 Å². The van der Waals surface area contributed by atoms with Crippen LogP contribution in [0.25, 0.3) is 110 Å². The van der Waals surface area contributed by atoms with Gasteiger partial charge in [0.15, 0.2) is 0 Å². The fraction of sp³-hybridized carbons (Fsp3) is 0. The third kappa shape index (κ3) is 3.90. The Morgan fingerprint density at radius 3 is 1.04 bits per heavy atom. The van der Waals surface area contributed by atoms with Crippen molar-refractivity contribution in [3.63, 3.8) is 0 Å². The third-order valence-corrected chi connectivity index (χ3v) is 10.1. The van der Waals surface area contributed by atoms with Gasteiger partial charge in [0.1, 0.15) is 34.0 Å². The van der Waals surface area contributed by atoms with Crippen molar-refractivity contribution >= 4 is 65.2 Å². The summed E-state index contributed by atoms with van der Waals surface area (Å²) in [6, 6.07) is 55.3. The molecule has 0 unspecified atom stereocenters. The maximum atomic E-state index is 6.57. The van der Waals surface area contributed by atoms with Crippen molar-refractivity contribution in [2.45, 2.75) is 0 Å². The number of hydrogen-bond acceptors (Lipinski definition) is 3. The van der Waals surface area contributed by atoms with E-state index in [1.54, 1.807) is 0 Å². The molecule has 0 fully saturated rings. The summed E-state index contributed by atoms with van der Waals surface area (Å²) < 4.78 is 19.7. The summed E-state index contributed by atoms with van der Waals surface area (Å²) in [6.45, 7) is 0. The highest BCUT2D eigenvalue weighted by molar-refractivity contribution is 6.31. The average molecular weight is 627 g/mol. The highest BCUT2D eigenvalue weighted by atomic mass is 16.3. The molecule has 0 saturated carbocycles. The Labute approximate surface area is 280 Å². The van der Waals surface area contributed by atoms with Crippen molar-refractivity contribution in [3.8, 4) is 45.1 Å². The minimum atomic E-state index is 0.831. The summed E-state index contributed by atoms with van der Waals surface area (Å²) >= 11 is 0. The molecule has 49 heavy (non-hydrogen) atoms. The second kappa shape index (κ2) is 9.96. The molecule has 0 N–H and O–H groups in total. The Kier molecular flexibility index (Phi) is 5.38. The first kappa shape index (κ1) is 26.5. The van der Waals surface area contributed by atoms with Crippen LogP contribution in [0.15, 0.2) is 171 Å². The second-order valence-electron chi connectivity index (χ2n) is 12.8. The molecule has 3 heteroatoms. The van der Waals surface area contributed by atoms with Crippen molar-refractivity contribution < 1.29 is 13.3 Å². The van der Waals surface area contributed by atoms with Crippen molar-refractivity contribution in [1.29, 1.82) is 0 Å². The van der Waals surface area contributed by atoms with E-state index in [1.807, 2.05) is 36.4 Å². The normalized spacial score (nSPS) is 12.1. The van der Waals surface area contributed by atoms with Crippen molar-refractivity contribution in [2.75, 3.05) is 0 Å². The molecule has 11 aromatic rings. The highest BCUT2D eigenvalue weighted by Gasteiger charge is 2.24. The maximum Gasteiger partial charge on any atom is 0.136 e. The first-order chi connectivity index (χ1) is 24.3. The smallest absolute Gasteiger partial charge is 0.136 e. The molecule has 228 valence electrons. The molecule has 11 rings (SSSR count). The topological polar surface area (TPSA) is 39.4 Å². The Hall–Kier alpha value is -6.58. The molecule has 0 spiro atoms. The van der Waals surface area contributed by atoms with Gasteiger partial charge in [-0.1, -0.05) is 109 Å². The van der Waals surface area contributed by atoms with E-state index in [4.69, 9.17) is 13.3 Å². The van der Waals surface area contributed by atoms with Gasteiger partial charge >= 0.3 is 0 Å². The summed E-state index contributed by atoms with van der Waals surface area (Å²) in [4.78, 5) is 0. The number of rotatable bonds is 4. The van der Waals surface area contributed by atoms with Gasteiger partial charge in [0.2, 0.25) is 0 Å². The van der Waals surface area contributed by atoms with E-state index in [9.17, 15) is 0 Å². The lowest BCUT2D eigenvalue weighted by atomic mass is 9.84. The van der Waals surface area contributed by atoms with Gasteiger partial charge in [0, 0.05) is 32.8 Å². The van der Waals surface area contributed by atoms with Crippen LogP contribution in [-0.2, 0) is 0 Å². The van der Waals surface area contributed by atoms with Crippen molar-refractivity contribution in [1.82, 2.24) is 0 Å². The number of hydrogen-bond donors (Lipinski definition) is 0. The SMILES string of the molecule is c1ccc(-c2cc(-c3cc4ccccc4o3)c3ccc4c(-c5cc6ccccc6o5)cc(-c5cc6ccccc6o5)c5ccc2c3c54)cc1. The molecule has 0 aliphatic heterocycles. The lowest BCUT2D eigenvalue weighted by molar-refractivity contribution is 0.630. The summed E-state index contributed by atoms with van der Waals surface area (Å²) in [5, 5.41) is 10.2. The lowest BCUT2D eigenvalue weighted by Gasteiger charge is -2.19. The third-order valence-electron chi connectivity index (χ3n) is 10.1. The molecule has 0 radical (unpaired) electrons. The van der Waals surface area contributed by atoms with Crippen LogP contribution >= 0.6 is 0 Å². The van der Waals surface area contributed by atoms with Gasteiger partial charge < -0.3 is 13.3 Å². The summed E-state index contributed by atoms with van der Waals surface area (Å²) in [6.07, 6.45) is 0. The fourth-order valence-corrected chi connectivity index (χ4v) is 7.80. The van der Waals surface area contributed by atoms with Crippen LogP contribution in [0, 0.1) is 0 Å². The van der Waals surface area contributed by atoms with Crippen molar-refractivity contribution in [2.24, 2.45) is 0 Å². The fourth-order valence-electron chi connectivity index (χ4n) is 7.80. The van der Waals surface area contributed by atoms with Crippen LogP contribution in [0.2, 0.25) is 0 Å². The molecule has 0 amide bonds. The number of furan rings is 3. The van der Waals surface area contributed by atoms with Crippen molar-refractivity contribution in [3.05, 3.63) is 158 Å². The standard InChI is InChI=1S/C46H26O3/c1-2-10-27(11-3-1)35-25-36(42-22-28-12-4-7-15-39(28)47-42)32-20-21-34-38(44-24-30-14-6-9-17-41(30)49-44)26-37(33-19-18-31(35)45(32)46(33)34)43-23-29-13-5-8-16-40(29)48-43/h1-26H. The van der Waals surface area contributed by atoms with Gasteiger partial charge in [-0.25, -0.2) is 0 Å². The van der Waals surface area contributed by atoms with Gasteiger partial charge in [0.25, 0.3) is 0 Å². The first-order valence-corrected chi connectivity index (χ1v) is 16.6. The Morgan fingerprint density at radius 1 is 0.286 bits per heavy atom. The van der Waals surface area contributed by atoms with Crippen LogP contribution < -0.4 is 0 Å². The van der Waals surface area contributed by atoms with Crippen LogP contribution in [-0.4, -0.2) is 0 Å². The minimum Gasteiger partial charge on any atom is -0.456 e. The van der Waals surface area contributed by atoms with Gasteiger partial charge in [-0.05, 0) is 92.0 Å². The maximum absolute atomic E-state index is 6.57. The van der Waals surface area contributed by atoms with Crippen LogP contribution in [0.5, 0.6) is 0 Å².